The Kier molecular flexibility index (Phi) is 8.46. The lowest BCUT2D eigenvalue weighted by Gasteiger charge is -2.19. The Hall–Kier alpha value is -1.10. The first-order valence-electron chi connectivity index (χ1n) is 7.37. The summed E-state index contributed by atoms with van der Waals surface area (Å²) in [6.45, 7) is 10.0. The highest BCUT2D eigenvalue weighted by atomic mass is 16.6. The summed E-state index contributed by atoms with van der Waals surface area (Å²) in [4.78, 5) is 23.0. The SMILES string of the molecule is CC(C)CC(=O)[C@@H](N)CCCCNC(=O)OC(C)(C)C. The molecule has 0 saturated carbocycles. The zero-order valence-corrected chi connectivity index (χ0v) is 13.5. The molecule has 0 fully saturated rings. The van der Waals surface area contributed by atoms with Crippen LogP contribution >= 0.6 is 0 Å². The van der Waals surface area contributed by atoms with Crippen molar-refractivity contribution in [2.45, 2.75) is 71.9 Å². The van der Waals surface area contributed by atoms with E-state index in [4.69, 9.17) is 10.5 Å². The van der Waals surface area contributed by atoms with Crippen LogP contribution in [-0.4, -0.2) is 30.1 Å². The summed E-state index contributed by atoms with van der Waals surface area (Å²) in [6, 6.07) is -0.376. The fraction of sp³-hybridized carbons (Fsp3) is 0.867. The highest BCUT2D eigenvalue weighted by molar-refractivity contribution is 5.83. The van der Waals surface area contributed by atoms with Gasteiger partial charge in [-0.05, 0) is 46.0 Å². The Labute approximate surface area is 122 Å². The Morgan fingerprint density at radius 3 is 2.30 bits per heavy atom. The Balaban J connectivity index is 3.67. The number of ether oxygens (including phenoxy) is 1. The van der Waals surface area contributed by atoms with Crippen LogP contribution in [0.25, 0.3) is 0 Å². The largest absolute Gasteiger partial charge is 0.444 e. The maximum atomic E-state index is 11.7. The molecule has 0 rings (SSSR count). The van der Waals surface area contributed by atoms with Crippen molar-refractivity contribution in [3.63, 3.8) is 0 Å². The number of carbonyl (C=O) groups is 2. The molecule has 0 aliphatic heterocycles. The second-order valence-electron chi connectivity index (χ2n) is 6.60. The number of hydrogen-bond acceptors (Lipinski definition) is 4. The van der Waals surface area contributed by atoms with Crippen molar-refractivity contribution >= 4 is 11.9 Å². The highest BCUT2D eigenvalue weighted by Gasteiger charge is 2.16. The number of unbranched alkanes of at least 4 members (excludes halogenated alkanes) is 1. The van der Waals surface area contributed by atoms with Crippen LogP contribution in [0.5, 0.6) is 0 Å². The number of ketones is 1. The first-order valence-corrected chi connectivity index (χ1v) is 7.37. The van der Waals surface area contributed by atoms with E-state index < -0.39 is 11.7 Å². The van der Waals surface area contributed by atoms with E-state index in [9.17, 15) is 9.59 Å². The second kappa shape index (κ2) is 8.95. The summed E-state index contributed by atoms with van der Waals surface area (Å²) in [6.07, 6.45) is 2.42. The smallest absolute Gasteiger partial charge is 0.407 e. The van der Waals surface area contributed by atoms with Gasteiger partial charge in [-0.3, -0.25) is 4.79 Å². The molecule has 0 saturated heterocycles. The second-order valence-corrected chi connectivity index (χ2v) is 6.60. The van der Waals surface area contributed by atoms with Crippen molar-refractivity contribution in [2.24, 2.45) is 11.7 Å². The Bertz CT molecular complexity index is 309. The van der Waals surface area contributed by atoms with Crippen LogP contribution in [0.15, 0.2) is 0 Å². The first kappa shape index (κ1) is 18.9. The third kappa shape index (κ3) is 10.8. The maximum absolute atomic E-state index is 11.7. The molecule has 3 N–H and O–H groups in total. The van der Waals surface area contributed by atoms with Crippen LogP contribution < -0.4 is 11.1 Å². The van der Waals surface area contributed by atoms with Crippen LogP contribution in [0, 0.1) is 5.92 Å². The highest BCUT2D eigenvalue weighted by Crippen LogP contribution is 2.08. The predicted octanol–water partition coefficient (Wildman–Crippen LogP) is 2.62. The van der Waals surface area contributed by atoms with E-state index in [0.717, 1.165) is 12.8 Å². The van der Waals surface area contributed by atoms with Crippen LogP contribution in [-0.2, 0) is 9.53 Å². The van der Waals surface area contributed by atoms with Gasteiger partial charge in [0, 0.05) is 13.0 Å². The van der Waals surface area contributed by atoms with Crippen molar-refractivity contribution in [1.82, 2.24) is 5.32 Å². The van der Waals surface area contributed by atoms with Crippen molar-refractivity contribution in [3.05, 3.63) is 0 Å². The summed E-state index contributed by atoms with van der Waals surface area (Å²) in [7, 11) is 0. The van der Waals surface area contributed by atoms with Gasteiger partial charge in [0.2, 0.25) is 0 Å². The van der Waals surface area contributed by atoms with Gasteiger partial charge in [0.15, 0.2) is 0 Å². The molecule has 5 heteroatoms. The lowest BCUT2D eigenvalue weighted by Crippen LogP contribution is -2.33. The van der Waals surface area contributed by atoms with Gasteiger partial charge in [-0.2, -0.15) is 0 Å². The van der Waals surface area contributed by atoms with Gasteiger partial charge < -0.3 is 15.8 Å². The van der Waals surface area contributed by atoms with E-state index in [2.05, 4.69) is 5.32 Å². The van der Waals surface area contributed by atoms with Crippen molar-refractivity contribution in [1.29, 1.82) is 0 Å². The van der Waals surface area contributed by atoms with Crippen LogP contribution in [0.2, 0.25) is 0 Å². The topological polar surface area (TPSA) is 81.4 Å². The predicted molar refractivity (Wildman–Crippen MR) is 80.5 cm³/mol. The summed E-state index contributed by atoms with van der Waals surface area (Å²) in [5.74, 6) is 0.475. The number of rotatable bonds is 8. The van der Waals surface area contributed by atoms with Crippen LogP contribution in [0.4, 0.5) is 4.79 Å². The fourth-order valence-corrected chi connectivity index (χ4v) is 1.71. The minimum absolute atomic E-state index is 0.125. The minimum atomic E-state index is -0.476. The monoisotopic (exact) mass is 286 g/mol. The summed E-state index contributed by atoms with van der Waals surface area (Å²) in [5.41, 5.74) is 5.35. The normalized spacial score (nSPS) is 13.2. The van der Waals surface area contributed by atoms with E-state index in [1.54, 1.807) is 0 Å². The van der Waals surface area contributed by atoms with E-state index in [0.29, 0.717) is 25.3 Å². The van der Waals surface area contributed by atoms with Gasteiger partial charge in [0.1, 0.15) is 11.4 Å². The third-order valence-corrected chi connectivity index (χ3v) is 2.63. The lowest BCUT2D eigenvalue weighted by molar-refractivity contribution is -0.121. The average molecular weight is 286 g/mol. The molecule has 0 heterocycles. The molecule has 0 aromatic carbocycles. The molecule has 1 atom stereocenters. The summed E-state index contributed by atoms with van der Waals surface area (Å²) < 4.78 is 5.12. The molecule has 0 unspecified atom stereocenters. The minimum Gasteiger partial charge on any atom is -0.444 e. The molecule has 1 amide bonds. The lowest BCUT2D eigenvalue weighted by atomic mass is 9.99. The fourth-order valence-electron chi connectivity index (χ4n) is 1.71. The van der Waals surface area contributed by atoms with Crippen molar-refractivity contribution in [2.75, 3.05) is 6.54 Å². The molecule has 0 aliphatic carbocycles. The van der Waals surface area contributed by atoms with Crippen LogP contribution in [0.1, 0.15) is 60.3 Å². The first-order chi connectivity index (χ1) is 9.11. The summed E-state index contributed by atoms with van der Waals surface area (Å²) >= 11 is 0. The van der Waals surface area contributed by atoms with Gasteiger partial charge in [-0.25, -0.2) is 4.79 Å². The van der Waals surface area contributed by atoms with E-state index >= 15 is 0 Å². The molecule has 0 radical (unpaired) electrons. The molecular formula is C15H30N2O3. The molecule has 0 spiro atoms. The van der Waals surface area contributed by atoms with Gasteiger partial charge in [-0.1, -0.05) is 13.8 Å². The molecular weight excluding hydrogens is 256 g/mol. The van der Waals surface area contributed by atoms with Gasteiger partial charge >= 0.3 is 6.09 Å². The van der Waals surface area contributed by atoms with Gasteiger partial charge in [-0.15, -0.1) is 0 Å². The van der Waals surface area contributed by atoms with E-state index in [1.807, 2.05) is 34.6 Å². The standard InChI is InChI=1S/C15H30N2O3/c1-11(2)10-13(18)12(16)8-6-7-9-17-14(19)20-15(3,4)5/h11-12H,6-10,16H2,1-5H3,(H,17,19)/t12-/m0/s1. The average Bonchev–Trinajstić information content (AvgIpc) is 2.24. The number of nitrogens with one attached hydrogen (secondary N) is 1. The Morgan fingerprint density at radius 1 is 1.20 bits per heavy atom. The molecule has 0 aromatic rings. The molecule has 118 valence electrons. The van der Waals surface area contributed by atoms with Crippen molar-refractivity contribution in [3.8, 4) is 0 Å². The molecule has 0 bridgehead atoms. The molecule has 5 nitrogen and oxygen atoms in total. The van der Waals surface area contributed by atoms with Crippen LogP contribution in [0.3, 0.4) is 0 Å². The number of carbonyl (C=O) groups excluding carboxylic acids is 2. The zero-order chi connectivity index (χ0) is 15.8. The van der Waals surface area contributed by atoms with E-state index in [1.165, 1.54) is 0 Å². The maximum Gasteiger partial charge on any atom is 0.407 e. The molecule has 0 aliphatic rings. The number of nitrogens with two attached hydrogens (primary N) is 1. The number of alkyl carbamates (subject to hydrolysis) is 1. The third-order valence-electron chi connectivity index (χ3n) is 2.63. The zero-order valence-electron chi connectivity index (χ0n) is 13.5. The number of hydrogen-bond donors (Lipinski definition) is 2. The number of amides is 1. The van der Waals surface area contributed by atoms with Gasteiger partial charge in [0.25, 0.3) is 0 Å². The van der Waals surface area contributed by atoms with Gasteiger partial charge in [0.05, 0.1) is 6.04 Å². The van der Waals surface area contributed by atoms with Crippen molar-refractivity contribution < 1.29 is 14.3 Å². The Morgan fingerprint density at radius 2 is 1.80 bits per heavy atom. The van der Waals surface area contributed by atoms with E-state index in [-0.39, 0.29) is 11.8 Å². The summed E-state index contributed by atoms with van der Waals surface area (Å²) in [5, 5.41) is 2.69. The molecule has 20 heavy (non-hydrogen) atoms. The number of Topliss-reactive ketones (excluding diaryl/α,β-unsaturated/α-hetero) is 1. The quantitative estimate of drug-likeness (QED) is 0.672. The molecule has 0 aromatic heterocycles.